The third kappa shape index (κ3) is 4.15. The molecule has 3 aromatic rings. The number of hydrogen-bond donors (Lipinski definition) is 1. The van der Waals surface area contributed by atoms with Crippen LogP contribution in [-0.2, 0) is 9.84 Å². The number of hydrogen-bond acceptors (Lipinski definition) is 8. The number of carbonyl (C=O) groups is 1. The fraction of sp³-hybridized carbons (Fsp3) is 0.333. The number of benzene rings is 1. The molecule has 1 atom stereocenters. The molecular formula is C18H19N5O4S2. The number of anilines is 1. The molecule has 1 aromatic carbocycles. The van der Waals surface area contributed by atoms with Gasteiger partial charge in [-0.25, -0.2) is 8.42 Å². The Morgan fingerprint density at radius 3 is 2.62 bits per heavy atom. The highest BCUT2D eigenvalue weighted by Crippen LogP contribution is 2.31. The van der Waals surface area contributed by atoms with Gasteiger partial charge < -0.3 is 4.74 Å². The summed E-state index contributed by atoms with van der Waals surface area (Å²) in [7, 11) is -1.52. The van der Waals surface area contributed by atoms with Crippen LogP contribution in [0.4, 0.5) is 5.13 Å². The molecule has 152 valence electrons. The van der Waals surface area contributed by atoms with E-state index >= 15 is 0 Å². The molecule has 1 aliphatic heterocycles. The number of aromatic nitrogens is 4. The smallest absolute Gasteiger partial charge is 0.278 e. The Labute approximate surface area is 171 Å². The molecule has 29 heavy (non-hydrogen) atoms. The molecule has 1 aliphatic rings. The number of nitrogens with zero attached hydrogens (tertiary/aromatic N) is 4. The first-order chi connectivity index (χ1) is 13.8. The quantitative estimate of drug-likeness (QED) is 0.656. The summed E-state index contributed by atoms with van der Waals surface area (Å²) in [6.07, 6.45) is 0.462. The molecule has 0 aliphatic carbocycles. The van der Waals surface area contributed by atoms with Crippen molar-refractivity contribution in [2.45, 2.75) is 19.4 Å². The fourth-order valence-corrected chi connectivity index (χ4v) is 5.52. The van der Waals surface area contributed by atoms with Crippen molar-refractivity contribution >= 4 is 32.2 Å². The number of sulfone groups is 1. The van der Waals surface area contributed by atoms with Crippen molar-refractivity contribution in [2.75, 3.05) is 23.9 Å². The van der Waals surface area contributed by atoms with Gasteiger partial charge in [-0.1, -0.05) is 11.3 Å². The average molecular weight is 434 g/mol. The SMILES string of the molecule is COc1ccc(-c2cc(C(=O)Nc3nnc(C)s3)nn2C2CCS(=O)(=O)C2)cc1. The van der Waals surface area contributed by atoms with E-state index in [4.69, 9.17) is 4.74 Å². The van der Waals surface area contributed by atoms with E-state index in [0.29, 0.717) is 23.0 Å². The third-order valence-corrected chi connectivity index (χ3v) is 7.16. The van der Waals surface area contributed by atoms with Gasteiger partial charge in [0.15, 0.2) is 15.5 Å². The molecule has 11 heteroatoms. The van der Waals surface area contributed by atoms with Crippen LogP contribution in [0.5, 0.6) is 5.75 Å². The second-order valence-electron chi connectivity index (χ2n) is 6.73. The zero-order valence-electron chi connectivity index (χ0n) is 15.8. The molecule has 2 aromatic heterocycles. The molecule has 9 nitrogen and oxygen atoms in total. The summed E-state index contributed by atoms with van der Waals surface area (Å²) < 4.78 is 30.8. The summed E-state index contributed by atoms with van der Waals surface area (Å²) in [6, 6.07) is 8.67. The zero-order valence-corrected chi connectivity index (χ0v) is 17.5. The van der Waals surface area contributed by atoms with Gasteiger partial charge in [-0.3, -0.25) is 14.8 Å². The third-order valence-electron chi connectivity index (χ3n) is 4.65. The highest BCUT2D eigenvalue weighted by molar-refractivity contribution is 7.91. The standard InChI is InChI=1S/C18H19N5O4S2/c1-11-20-21-18(28-11)19-17(24)15-9-16(12-3-5-14(27-2)6-4-12)23(22-15)13-7-8-29(25,26)10-13/h3-6,9,13H,7-8,10H2,1-2H3,(H,19,21,24). The number of nitrogens with one attached hydrogen (secondary N) is 1. The fourth-order valence-electron chi connectivity index (χ4n) is 3.24. The Balaban J connectivity index is 1.70. The maximum absolute atomic E-state index is 12.7. The molecule has 1 amide bonds. The van der Waals surface area contributed by atoms with Crippen molar-refractivity contribution in [3.63, 3.8) is 0 Å². The average Bonchev–Trinajstić information content (AvgIpc) is 3.40. The topological polar surface area (TPSA) is 116 Å². The molecule has 0 radical (unpaired) electrons. The highest BCUT2D eigenvalue weighted by atomic mass is 32.2. The summed E-state index contributed by atoms with van der Waals surface area (Å²) in [5, 5.41) is 16.0. The Hall–Kier alpha value is -2.79. The molecule has 0 saturated carbocycles. The Kier molecular flexibility index (Phi) is 5.09. The van der Waals surface area contributed by atoms with E-state index in [1.54, 1.807) is 24.8 Å². The van der Waals surface area contributed by atoms with Gasteiger partial charge in [0.1, 0.15) is 10.8 Å². The van der Waals surface area contributed by atoms with E-state index in [-0.39, 0.29) is 23.2 Å². The van der Waals surface area contributed by atoms with Crippen molar-refractivity contribution in [1.82, 2.24) is 20.0 Å². The van der Waals surface area contributed by atoms with Gasteiger partial charge in [-0.05, 0) is 43.7 Å². The predicted molar refractivity (Wildman–Crippen MR) is 109 cm³/mol. The van der Waals surface area contributed by atoms with Crippen LogP contribution in [0.15, 0.2) is 30.3 Å². The molecule has 1 N–H and O–H groups in total. The van der Waals surface area contributed by atoms with Gasteiger partial charge in [-0.15, -0.1) is 10.2 Å². The lowest BCUT2D eigenvalue weighted by molar-refractivity contribution is 0.102. The lowest BCUT2D eigenvalue weighted by Crippen LogP contribution is -2.16. The van der Waals surface area contributed by atoms with Crippen molar-refractivity contribution in [3.8, 4) is 17.0 Å². The monoisotopic (exact) mass is 433 g/mol. The van der Waals surface area contributed by atoms with Crippen LogP contribution in [0.2, 0.25) is 0 Å². The Bertz CT molecular complexity index is 1150. The van der Waals surface area contributed by atoms with E-state index in [2.05, 4.69) is 20.6 Å². The van der Waals surface area contributed by atoms with E-state index in [0.717, 1.165) is 10.6 Å². The summed E-state index contributed by atoms with van der Waals surface area (Å²) in [4.78, 5) is 12.7. The minimum Gasteiger partial charge on any atom is -0.497 e. The molecule has 1 fully saturated rings. The van der Waals surface area contributed by atoms with Crippen molar-refractivity contribution in [2.24, 2.45) is 0 Å². The van der Waals surface area contributed by atoms with Gasteiger partial charge in [0, 0.05) is 5.56 Å². The lowest BCUT2D eigenvalue weighted by atomic mass is 10.1. The summed E-state index contributed by atoms with van der Waals surface area (Å²) in [6.45, 7) is 1.80. The Morgan fingerprint density at radius 2 is 2.03 bits per heavy atom. The predicted octanol–water partition coefficient (Wildman–Crippen LogP) is 2.33. The van der Waals surface area contributed by atoms with Crippen molar-refractivity contribution < 1.29 is 17.9 Å². The van der Waals surface area contributed by atoms with E-state index in [1.165, 1.54) is 11.3 Å². The second kappa shape index (κ2) is 7.56. The van der Waals surface area contributed by atoms with Gasteiger partial charge in [0.25, 0.3) is 5.91 Å². The minimum atomic E-state index is -3.11. The van der Waals surface area contributed by atoms with Crippen LogP contribution in [0.1, 0.15) is 28.0 Å². The minimum absolute atomic E-state index is 0.00842. The van der Waals surface area contributed by atoms with Gasteiger partial charge in [0.2, 0.25) is 5.13 Å². The maximum atomic E-state index is 12.7. The number of aryl methyl sites for hydroxylation is 1. The van der Waals surface area contributed by atoms with Crippen LogP contribution in [0.25, 0.3) is 11.3 Å². The normalized spacial score (nSPS) is 17.9. The van der Waals surface area contributed by atoms with Gasteiger partial charge in [-0.2, -0.15) is 5.10 Å². The zero-order chi connectivity index (χ0) is 20.6. The number of amides is 1. The lowest BCUT2D eigenvalue weighted by Gasteiger charge is -2.13. The van der Waals surface area contributed by atoms with Crippen molar-refractivity contribution in [1.29, 1.82) is 0 Å². The number of methoxy groups -OCH3 is 1. The van der Waals surface area contributed by atoms with Crippen LogP contribution in [-0.4, -0.2) is 52.9 Å². The first-order valence-corrected chi connectivity index (χ1v) is 11.5. The first kappa shape index (κ1) is 19.5. The Morgan fingerprint density at radius 1 is 1.28 bits per heavy atom. The van der Waals surface area contributed by atoms with Gasteiger partial charge in [0.05, 0.1) is 30.4 Å². The number of carbonyl (C=O) groups excluding carboxylic acids is 1. The molecule has 1 unspecified atom stereocenters. The van der Waals surface area contributed by atoms with E-state index < -0.39 is 15.7 Å². The molecular weight excluding hydrogens is 414 g/mol. The number of rotatable bonds is 5. The van der Waals surface area contributed by atoms with Crippen molar-refractivity contribution in [3.05, 3.63) is 41.0 Å². The highest BCUT2D eigenvalue weighted by Gasteiger charge is 2.32. The van der Waals surface area contributed by atoms with Gasteiger partial charge >= 0.3 is 0 Å². The van der Waals surface area contributed by atoms with Crippen LogP contribution in [0, 0.1) is 6.92 Å². The molecule has 0 spiro atoms. The summed E-state index contributed by atoms with van der Waals surface area (Å²) >= 11 is 1.27. The van der Waals surface area contributed by atoms with E-state index in [1.807, 2.05) is 24.3 Å². The molecule has 1 saturated heterocycles. The summed E-state index contributed by atoms with van der Waals surface area (Å²) in [5.41, 5.74) is 1.68. The molecule has 4 rings (SSSR count). The molecule has 0 bridgehead atoms. The molecule has 3 heterocycles. The maximum Gasteiger partial charge on any atom is 0.278 e. The van der Waals surface area contributed by atoms with E-state index in [9.17, 15) is 13.2 Å². The number of ether oxygens (including phenoxy) is 1. The van der Waals surface area contributed by atoms with Crippen LogP contribution < -0.4 is 10.1 Å². The summed E-state index contributed by atoms with van der Waals surface area (Å²) in [5.74, 6) is 0.406. The van der Waals surface area contributed by atoms with Crippen LogP contribution in [0.3, 0.4) is 0 Å². The largest absolute Gasteiger partial charge is 0.497 e. The second-order valence-corrected chi connectivity index (χ2v) is 10.1. The first-order valence-electron chi connectivity index (χ1n) is 8.90. The van der Waals surface area contributed by atoms with Crippen LogP contribution >= 0.6 is 11.3 Å².